The monoisotopic (exact) mass is 380 g/mol. The van der Waals surface area contributed by atoms with Crippen molar-refractivity contribution in [2.45, 2.75) is 57.5 Å². The highest BCUT2D eigenvalue weighted by atomic mass is 16.5. The summed E-state index contributed by atoms with van der Waals surface area (Å²) in [4.78, 5) is 9.59. The summed E-state index contributed by atoms with van der Waals surface area (Å²) in [5, 5.41) is 3.67. The van der Waals surface area contributed by atoms with Crippen molar-refractivity contribution in [2.24, 2.45) is 10.9 Å². The molecule has 3 rings (SSSR count). The summed E-state index contributed by atoms with van der Waals surface area (Å²) in [7, 11) is 1.91. The van der Waals surface area contributed by atoms with E-state index in [0.29, 0.717) is 0 Å². The fourth-order valence-corrected chi connectivity index (χ4v) is 4.78. The molecule has 2 heterocycles. The van der Waals surface area contributed by atoms with Gasteiger partial charge in [0.1, 0.15) is 0 Å². The molecule has 1 saturated carbocycles. The van der Waals surface area contributed by atoms with Crippen LogP contribution in [0.1, 0.15) is 51.9 Å². The zero-order chi connectivity index (χ0) is 19.0. The summed E-state index contributed by atoms with van der Waals surface area (Å²) in [6.07, 6.45) is 8.63. The van der Waals surface area contributed by atoms with Gasteiger partial charge in [-0.05, 0) is 31.6 Å². The Labute approximate surface area is 165 Å². The largest absolute Gasteiger partial charge is 0.379 e. The SMILES string of the molecule is CCCOC1(CNC(=NC)N2CCC(CN3CCOCC3)C2)CCCCC1. The molecular formula is C21H40N4O2. The molecule has 1 aliphatic carbocycles. The first-order chi connectivity index (χ1) is 13.2. The second-order valence-corrected chi connectivity index (χ2v) is 8.51. The van der Waals surface area contributed by atoms with Gasteiger partial charge >= 0.3 is 0 Å². The van der Waals surface area contributed by atoms with Crippen LogP contribution in [0.3, 0.4) is 0 Å². The molecule has 0 aromatic heterocycles. The van der Waals surface area contributed by atoms with E-state index in [1.807, 2.05) is 7.05 Å². The molecule has 0 bridgehead atoms. The van der Waals surface area contributed by atoms with Crippen LogP contribution in [0.2, 0.25) is 0 Å². The molecule has 1 N–H and O–H groups in total. The van der Waals surface area contributed by atoms with Crippen LogP contribution in [-0.2, 0) is 9.47 Å². The van der Waals surface area contributed by atoms with E-state index in [-0.39, 0.29) is 5.60 Å². The highest BCUT2D eigenvalue weighted by molar-refractivity contribution is 5.80. The first-order valence-corrected chi connectivity index (χ1v) is 11.1. The van der Waals surface area contributed by atoms with Gasteiger partial charge in [-0.3, -0.25) is 9.89 Å². The molecule has 0 aromatic rings. The minimum atomic E-state index is 0.0110. The number of nitrogens with one attached hydrogen (secondary N) is 1. The van der Waals surface area contributed by atoms with Crippen LogP contribution in [0.4, 0.5) is 0 Å². The quantitative estimate of drug-likeness (QED) is 0.543. The van der Waals surface area contributed by atoms with Gasteiger partial charge in [-0.1, -0.05) is 26.2 Å². The van der Waals surface area contributed by atoms with Crippen molar-refractivity contribution in [2.75, 3.05) is 66.1 Å². The van der Waals surface area contributed by atoms with Crippen molar-refractivity contribution >= 4 is 5.96 Å². The molecule has 2 saturated heterocycles. The third-order valence-corrected chi connectivity index (χ3v) is 6.36. The number of hydrogen-bond acceptors (Lipinski definition) is 4. The van der Waals surface area contributed by atoms with Crippen molar-refractivity contribution in [3.8, 4) is 0 Å². The lowest BCUT2D eigenvalue weighted by Gasteiger charge is -2.38. The number of guanidine groups is 1. The fourth-order valence-electron chi connectivity index (χ4n) is 4.78. The van der Waals surface area contributed by atoms with Crippen molar-refractivity contribution < 1.29 is 9.47 Å². The van der Waals surface area contributed by atoms with Gasteiger partial charge in [0.05, 0.1) is 18.8 Å². The summed E-state index contributed by atoms with van der Waals surface area (Å²) in [6, 6.07) is 0. The van der Waals surface area contributed by atoms with Gasteiger partial charge in [0.15, 0.2) is 5.96 Å². The minimum absolute atomic E-state index is 0.0110. The normalized spacial score (nSPS) is 27.1. The number of hydrogen-bond donors (Lipinski definition) is 1. The Hall–Kier alpha value is -0.850. The Morgan fingerprint density at radius 2 is 1.96 bits per heavy atom. The van der Waals surface area contributed by atoms with Crippen molar-refractivity contribution in [3.63, 3.8) is 0 Å². The maximum atomic E-state index is 6.34. The zero-order valence-electron chi connectivity index (χ0n) is 17.5. The lowest BCUT2D eigenvalue weighted by Crippen LogP contribution is -2.50. The molecule has 3 fully saturated rings. The van der Waals surface area contributed by atoms with Gasteiger partial charge in [0.25, 0.3) is 0 Å². The Balaban J connectivity index is 1.48. The smallest absolute Gasteiger partial charge is 0.193 e. The first-order valence-electron chi connectivity index (χ1n) is 11.1. The highest BCUT2D eigenvalue weighted by Crippen LogP contribution is 2.31. The molecule has 0 spiro atoms. The van der Waals surface area contributed by atoms with Crippen LogP contribution in [0.5, 0.6) is 0 Å². The molecular weight excluding hydrogens is 340 g/mol. The first kappa shape index (κ1) is 20.9. The molecule has 6 heteroatoms. The van der Waals surface area contributed by atoms with Crippen LogP contribution in [0.25, 0.3) is 0 Å². The molecule has 0 amide bonds. The van der Waals surface area contributed by atoms with E-state index in [9.17, 15) is 0 Å². The molecule has 2 aliphatic heterocycles. The van der Waals surface area contributed by atoms with Crippen LogP contribution in [0.15, 0.2) is 4.99 Å². The molecule has 0 radical (unpaired) electrons. The lowest BCUT2D eigenvalue weighted by molar-refractivity contribution is -0.0659. The van der Waals surface area contributed by atoms with Crippen molar-refractivity contribution in [3.05, 3.63) is 0 Å². The maximum Gasteiger partial charge on any atom is 0.193 e. The predicted octanol–water partition coefficient (Wildman–Crippen LogP) is 2.35. The second kappa shape index (κ2) is 10.6. The van der Waals surface area contributed by atoms with Crippen molar-refractivity contribution in [1.29, 1.82) is 0 Å². The molecule has 1 atom stereocenters. The Morgan fingerprint density at radius 3 is 2.67 bits per heavy atom. The fraction of sp³-hybridized carbons (Fsp3) is 0.952. The van der Waals surface area contributed by atoms with E-state index in [4.69, 9.17) is 9.47 Å². The molecule has 27 heavy (non-hydrogen) atoms. The number of ether oxygens (including phenoxy) is 2. The van der Waals surface area contributed by atoms with E-state index in [0.717, 1.165) is 70.8 Å². The number of morpholine rings is 1. The number of aliphatic imine (C=N–C) groups is 1. The zero-order valence-corrected chi connectivity index (χ0v) is 17.5. The van der Waals surface area contributed by atoms with Gasteiger partial charge in [0, 0.05) is 52.9 Å². The summed E-state index contributed by atoms with van der Waals surface area (Å²) in [5.74, 6) is 1.80. The predicted molar refractivity (Wildman–Crippen MR) is 110 cm³/mol. The third kappa shape index (κ3) is 6.06. The molecule has 156 valence electrons. The minimum Gasteiger partial charge on any atom is -0.379 e. The molecule has 0 aromatic carbocycles. The van der Waals surface area contributed by atoms with Crippen molar-refractivity contribution in [1.82, 2.24) is 15.1 Å². The van der Waals surface area contributed by atoms with Crippen LogP contribution < -0.4 is 5.32 Å². The topological polar surface area (TPSA) is 49.3 Å². The molecule has 6 nitrogen and oxygen atoms in total. The Bertz CT molecular complexity index is 459. The number of likely N-dealkylation sites (tertiary alicyclic amines) is 1. The van der Waals surface area contributed by atoms with E-state index in [2.05, 4.69) is 27.0 Å². The van der Waals surface area contributed by atoms with E-state index >= 15 is 0 Å². The van der Waals surface area contributed by atoms with Crippen LogP contribution in [0, 0.1) is 5.92 Å². The summed E-state index contributed by atoms with van der Waals surface area (Å²) < 4.78 is 11.8. The van der Waals surface area contributed by atoms with Crippen LogP contribution in [-0.4, -0.2) is 87.5 Å². The molecule has 1 unspecified atom stereocenters. The second-order valence-electron chi connectivity index (χ2n) is 8.51. The van der Waals surface area contributed by atoms with Gasteiger partial charge in [-0.15, -0.1) is 0 Å². The van der Waals surface area contributed by atoms with Crippen LogP contribution >= 0.6 is 0 Å². The number of rotatable bonds is 7. The van der Waals surface area contributed by atoms with E-state index < -0.39 is 0 Å². The Morgan fingerprint density at radius 1 is 1.19 bits per heavy atom. The number of nitrogens with zero attached hydrogens (tertiary/aromatic N) is 3. The van der Waals surface area contributed by atoms with Gasteiger partial charge in [-0.25, -0.2) is 0 Å². The standard InChI is InChI=1S/C21H40N4O2/c1-3-13-27-21(8-5-4-6-9-21)18-23-20(22-2)25-10-7-19(17-25)16-24-11-14-26-15-12-24/h19H,3-18H2,1-2H3,(H,22,23). The molecule has 3 aliphatic rings. The Kier molecular flexibility index (Phi) is 8.22. The van der Waals surface area contributed by atoms with E-state index in [1.165, 1.54) is 45.1 Å². The summed E-state index contributed by atoms with van der Waals surface area (Å²) in [5.41, 5.74) is 0.0110. The van der Waals surface area contributed by atoms with Gasteiger partial charge in [0.2, 0.25) is 0 Å². The lowest BCUT2D eigenvalue weighted by atomic mass is 9.84. The maximum absolute atomic E-state index is 6.34. The van der Waals surface area contributed by atoms with Gasteiger partial charge < -0.3 is 19.7 Å². The average molecular weight is 381 g/mol. The van der Waals surface area contributed by atoms with Gasteiger partial charge in [-0.2, -0.15) is 0 Å². The highest BCUT2D eigenvalue weighted by Gasteiger charge is 2.34. The average Bonchev–Trinajstić information content (AvgIpc) is 3.17. The third-order valence-electron chi connectivity index (χ3n) is 6.36. The summed E-state index contributed by atoms with van der Waals surface area (Å²) >= 11 is 0. The summed E-state index contributed by atoms with van der Waals surface area (Å²) in [6.45, 7) is 11.3. The van der Waals surface area contributed by atoms with E-state index in [1.54, 1.807) is 0 Å².